The number of amides is 5. The molecule has 5 aliphatic heterocycles. The summed E-state index contributed by atoms with van der Waals surface area (Å²) in [4.78, 5) is 75.2. The maximum atomic E-state index is 14.0. The zero-order valence-electron chi connectivity index (χ0n) is 35.7. The van der Waals surface area contributed by atoms with Crippen molar-refractivity contribution in [3.05, 3.63) is 87.4 Å². The summed E-state index contributed by atoms with van der Waals surface area (Å²) in [7, 11) is 0. The first-order valence-electron chi connectivity index (χ1n) is 22.0. The van der Waals surface area contributed by atoms with E-state index < -0.39 is 23.8 Å². The third-order valence-electron chi connectivity index (χ3n) is 15.5. The summed E-state index contributed by atoms with van der Waals surface area (Å²) in [6.07, 6.45) is 4.62. The molecule has 322 valence electrons. The highest BCUT2D eigenvalue weighted by atomic mass is 35.5. The van der Waals surface area contributed by atoms with Crippen LogP contribution in [-0.4, -0.2) is 108 Å². The van der Waals surface area contributed by atoms with Gasteiger partial charge in [0.1, 0.15) is 24.0 Å². The van der Waals surface area contributed by atoms with E-state index in [1.165, 1.54) is 18.5 Å². The van der Waals surface area contributed by atoms with Gasteiger partial charge in [-0.15, -0.1) is 0 Å². The molecule has 1 atom stereocenters. The highest BCUT2D eigenvalue weighted by Gasteiger charge is 2.67. The lowest BCUT2D eigenvalue weighted by atomic mass is 9.49. The molecule has 5 fully saturated rings. The third-order valence-corrected chi connectivity index (χ3v) is 15.8. The van der Waals surface area contributed by atoms with E-state index in [2.05, 4.69) is 65.9 Å². The molecule has 0 bridgehead atoms. The maximum absolute atomic E-state index is 14.0. The van der Waals surface area contributed by atoms with Crippen molar-refractivity contribution in [3.8, 4) is 11.8 Å². The standard InChI is InChI=1S/C48H52ClN7O6/c1-46(2)44(47(3,4)45(46)62-33-8-5-28(26-50)37(49)23-33)55-27-29-21-30(6-9-34(29)41(55)59)53-17-19-54(20-18-53)32-24-48(25-32)13-15-52(16-14-48)31-7-10-35-36(22-31)43(61)56(42(35)60)38-11-12-39(57)51-40(38)58/h5-10,21-23,32,38,44-45H,11-20,24-25,27H2,1-4H3,(H,51,57,58)/t38?,44-,45-. The molecular weight excluding hydrogens is 806 g/mol. The second kappa shape index (κ2) is 14.6. The number of anilines is 2. The Labute approximate surface area is 366 Å². The van der Waals surface area contributed by atoms with Gasteiger partial charge in [0.2, 0.25) is 11.8 Å². The minimum absolute atomic E-state index is 0.0321. The number of hydrogen-bond acceptors (Lipinski definition) is 10. The van der Waals surface area contributed by atoms with Gasteiger partial charge in [-0.05, 0) is 91.6 Å². The lowest BCUT2D eigenvalue weighted by Gasteiger charge is -2.65. The first-order chi connectivity index (χ1) is 29.6. The van der Waals surface area contributed by atoms with Crippen molar-refractivity contribution in [1.29, 1.82) is 5.26 Å². The number of fused-ring (bicyclic) bond motifs is 2. The van der Waals surface area contributed by atoms with Crippen LogP contribution in [0.15, 0.2) is 54.6 Å². The van der Waals surface area contributed by atoms with Gasteiger partial charge in [-0.3, -0.25) is 39.1 Å². The Hall–Kier alpha value is -5.45. The van der Waals surface area contributed by atoms with Gasteiger partial charge in [0, 0.05) is 98.2 Å². The van der Waals surface area contributed by atoms with Crippen molar-refractivity contribution < 1.29 is 28.7 Å². The summed E-state index contributed by atoms with van der Waals surface area (Å²) in [5, 5.41) is 11.9. The summed E-state index contributed by atoms with van der Waals surface area (Å²) < 4.78 is 6.51. The SMILES string of the molecule is CC1(C)[C@H](Oc2ccc(C#N)c(Cl)c2)C(C)(C)[C@H]1N1Cc2cc(N3CCN(C4CC5(CCN(c6ccc7c(c6)C(=O)N(C6CCC(=O)NC6=O)C7=O)CC5)C4)CC3)ccc2C1=O. The molecule has 3 aromatic carbocycles. The molecule has 10 rings (SSSR count). The van der Waals surface area contributed by atoms with Crippen LogP contribution >= 0.6 is 11.6 Å². The molecule has 7 aliphatic rings. The maximum Gasteiger partial charge on any atom is 0.262 e. The Morgan fingerprint density at radius 3 is 2.06 bits per heavy atom. The molecule has 1 unspecified atom stereocenters. The van der Waals surface area contributed by atoms with E-state index in [0.717, 1.165) is 73.8 Å². The number of piperidine rings is 2. The highest BCUT2D eigenvalue weighted by molar-refractivity contribution is 6.31. The van der Waals surface area contributed by atoms with Crippen LogP contribution in [0.4, 0.5) is 11.4 Å². The van der Waals surface area contributed by atoms with E-state index in [1.807, 2.05) is 17.0 Å². The molecule has 1 spiro atoms. The number of nitrogens with one attached hydrogen (secondary N) is 1. The summed E-state index contributed by atoms with van der Waals surface area (Å²) in [5.74, 6) is -1.24. The van der Waals surface area contributed by atoms with Gasteiger partial charge in [-0.2, -0.15) is 5.26 Å². The predicted molar refractivity (Wildman–Crippen MR) is 232 cm³/mol. The molecule has 14 heteroatoms. The van der Waals surface area contributed by atoms with E-state index in [4.69, 9.17) is 16.3 Å². The van der Waals surface area contributed by atoms with Crippen LogP contribution in [0.2, 0.25) is 5.02 Å². The molecule has 62 heavy (non-hydrogen) atoms. The van der Waals surface area contributed by atoms with Crippen molar-refractivity contribution in [2.75, 3.05) is 49.1 Å². The van der Waals surface area contributed by atoms with Gasteiger partial charge in [0.05, 0.1) is 21.7 Å². The number of halogens is 1. The van der Waals surface area contributed by atoms with E-state index in [-0.39, 0.29) is 47.6 Å². The fourth-order valence-corrected chi connectivity index (χ4v) is 12.8. The molecule has 5 amide bonds. The van der Waals surface area contributed by atoms with Crippen molar-refractivity contribution >= 4 is 52.5 Å². The van der Waals surface area contributed by atoms with Crippen LogP contribution in [0.3, 0.4) is 0 Å². The molecule has 2 saturated carbocycles. The number of piperazine rings is 1. The Bertz CT molecular complexity index is 2460. The van der Waals surface area contributed by atoms with Gasteiger partial charge in [0.15, 0.2) is 0 Å². The summed E-state index contributed by atoms with van der Waals surface area (Å²) in [6, 6.07) is 18.6. The third kappa shape index (κ3) is 6.38. The average Bonchev–Trinajstić information content (AvgIpc) is 3.68. The monoisotopic (exact) mass is 857 g/mol. The van der Waals surface area contributed by atoms with E-state index in [9.17, 15) is 29.2 Å². The molecule has 2 aliphatic carbocycles. The molecular formula is C48H52ClN7O6. The Kier molecular flexibility index (Phi) is 9.54. The van der Waals surface area contributed by atoms with Gasteiger partial charge < -0.3 is 19.4 Å². The Morgan fingerprint density at radius 1 is 0.758 bits per heavy atom. The number of benzene rings is 3. The fourth-order valence-electron chi connectivity index (χ4n) is 12.6. The second-order valence-electron chi connectivity index (χ2n) is 19.8. The Morgan fingerprint density at radius 2 is 1.40 bits per heavy atom. The summed E-state index contributed by atoms with van der Waals surface area (Å²) >= 11 is 6.32. The fraction of sp³-hybridized carbons (Fsp3) is 0.500. The minimum Gasteiger partial charge on any atom is -0.489 e. The van der Waals surface area contributed by atoms with Crippen LogP contribution in [0.1, 0.15) is 108 Å². The van der Waals surface area contributed by atoms with Crippen LogP contribution in [0.5, 0.6) is 5.75 Å². The second-order valence-corrected chi connectivity index (χ2v) is 20.2. The van der Waals surface area contributed by atoms with Crippen LogP contribution in [-0.2, 0) is 16.1 Å². The van der Waals surface area contributed by atoms with E-state index >= 15 is 0 Å². The Balaban J connectivity index is 0.713. The number of carbonyl (C=O) groups excluding carboxylic acids is 5. The van der Waals surface area contributed by atoms with Crippen LogP contribution in [0.25, 0.3) is 0 Å². The lowest BCUT2D eigenvalue weighted by molar-refractivity contribution is -0.199. The molecule has 5 heterocycles. The van der Waals surface area contributed by atoms with Crippen LogP contribution in [0, 0.1) is 27.6 Å². The number of nitrogens with zero attached hydrogens (tertiary/aromatic N) is 6. The first-order valence-corrected chi connectivity index (χ1v) is 22.4. The lowest BCUT2D eigenvalue weighted by Crippen LogP contribution is -2.74. The van der Waals surface area contributed by atoms with Crippen molar-refractivity contribution in [2.45, 2.75) is 97.0 Å². The molecule has 3 aromatic rings. The zero-order valence-corrected chi connectivity index (χ0v) is 36.5. The molecule has 13 nitrogen and oxygen atoms in total. The van der Waals surface area contributed by atoms with E-state index in [0.29, 0.717) is 45.5 Å². The van der Waals surface area contributed by atoms with Gasteiger partial charge in [-0.25, -0.2) is 0 Å². The summed E-state index contributed by atoms with van der Waals surface area (Å²) in [6.45, 7) is 14.9. The molecule has 1 N–H and O–H groups in total. The largest absolute Gasteiger partial charge is 0.489 e. The number of rotatable bonds is 7. The molecule has 3 saturated heterocycles. The molecule has 0 radical (unpaired) electrons. The number of ether oxygens (including phenoxy) is 1. The van der Waals surface area contributed by atoms with Gasteiger partial charge >= 0.3 is 0 Å². The first kappa shape index (κ1) is 40.6. The topological polar surface area (TPSA) is 147 Å². The highest BCUT2D eigenvalue weighted by Crippen LogP contribution is 2.59. The van der Waals surface area contributed by atoms with Crippen molar-refractivity contribution in [3.63, 3.8) is 0 Å². The summed E-state index contributed by atoms with van der Waals surface area (Å²) in [5.41, 5.74) is 4.67. The zero-order chi connectivity index (χ0) is 43.5. The average molecular weight is 858 g/mol. The quantitative estimate of drug-likeness (QED) is 0.280. The molecule has 0 aromatic heterocycles. The number of hydrogen-bond donors (Lipinski definition) is 1. The normalized spacial score (nSPS) is 26.5. The van der Waals surface area contributed by atoms with Crippen LogP contribution < -0.4 is 19.9 Å². The van der Waals surface area contributed by atoms with Gasteiger partial charge in [-0.1, -0.05) is 39.3 Å². The van der Waals surface area contributed by atoms with E-state index in [1.54, 1.807) is 30.3 Å². The smallest absolute Gasteiger partial charge is 0.262 e. The van der Waals surface area contributed by atoms with Crippen molar-refractivity contribution in [2.24, 2.45) is 16.2 Å². The van der Waals surface area contributed by atoms with Gasteiger partial charge in [0.25, 0.3) is 17.7 Å². The number of imide groups is 2. The number of nitriles is 1. The predicted octanol–water partition coefficient (Wildman–Crippen LogP) is 6.02. The minimum atomic E-state index is -0.968. The van der Waals surface area contributed by atoms with Crippen molar-refractivity contribution in [1.82, 2.24) is 20.0 Å². The number of carbonyl (C=O) groups is 5.